The monoisotopic (exact) mass is 341 g/mol. The van der Waals surface area contributed by atoms with Gasteiger partial charge in [-0.15, -0.1) is 0 Å². The molecule has 0 spiro atoms. The zero-order chi connectivity index (χ0) is 18.1. The molecule has 0 radical (unpaired) electrons. The molecule has 1 heterocycles. The maximum absolute atomic E-state index is 13.0. The highest BCUT2D eigenvalue weighted by atomic mass is 16.3. The van der Waals surface area contributed by atoms with Gasteiger partial charge in [-0.25, -0.2) is 0 Å². The normalized spacial score (nSPS) is 18.6. The molecule has 0 bridgehead atoms. The third-order valence-electron chi connectivity index (χ3n) is 4.81. The van der Waals surface area contributed by atoms with Crippen LogP contribution in [0.3, 0.4) is 0 Å². The molecule has 1 fully saturated rings. The molecule has 3 N–H and O–H groups in total. The molecule has 0 aliphatic carbocycles. The highest BCUT2D eigenvalue weighted by Gasteiger charge is 2.35. The van der Waals surface area contributed by atoms with Gasteiger partial charge < -0.3 is 15.7 Å². The quantitative estimate of drug-likeness (QED) is 0.622. The minimum atomic E-state index is -0.364. The molecule has 6 nitrogen and oxygen atoms in total. The van der Waals surface area contributed by atoms with E-state index >= 15 is 0 Å². The Bertz CT molecular complexity index is 393. The lowest BCUT2D eigenvalue weighted by molar-refractivity contribution is -0.143. The molecule has 140 valence electrons. The number of aliphatic hydroxyl groups excluding tert-OH is 1. The fraction of sp³-hybridized carbons (Fsp3) is 0.889. The lowest BCUT2D eigenvalue weighted by atomic mass is 9.81. The predicted octanol–water partition coefficient (Wildman–Crippen LogP) is 1.08. The van der Waals surface area contributed by atoms with E-state index in [-0.39, 0.29) is 30.3 Å². The first-order chi connectivity index (χ1) is 11.4. The van der Waals surface area contributed by atoms with Gasteiger partial charge in [0.2, 0.25) is 11.8 Å². The lowest BCUT2D eigenvalue weighted by Crippen LogP contribution is -2.52. The van der Waals surface area contributed by atoms with Crippen LogP contribution in [0.2, 0.25) is 0 Å². The van der Waals surface area contributed by atoms with Crippen LogP contribution in [0.25, 0.3) is 0 Å². The summed E-state index contributed by atoms with van der Waals surface area (Å²) in [4.78, 5) is 29.1. The van der Waals surface area contributed by atoms with Crippen molar-refractivity contribution in [3.8, 4) is 0 Å². The number of aliphatic hydroxyl groups is 1. The van der Waals surface area contributed by atoms with Crippen LogP contribution < -0.4 is 5.73 Å². The zero-order valence-corrected chi connectivity index (χ0v) is 15.5. The molecule has 0 aromatic rings. The average Bonchev–Trinajstić information content (AvgIpc) is 2.55. The summed E-state index contributed by atoms with van der Waals surface area (Å²) in [5.41, 5.74) is 5.60. The minimum absolute atomic E-state index is 0.0859. The summed E-state index contributed by atoms with van der Waals surface area (Å²) in [6.45, 7) is 10.3. The van der Waals surface area contributed by atoms with Crippen molar-refractivity contribution in [2.45, 2.75) is 46.5 Å². The summed E-state index contributed by atoms with van der Waals surface area (Å²) >= 11 is 0. The summed E-state index contributed by atoms with van der Waals surface area (Å²) < 4.78 is 0. The van der Waals surface area contributed by atoms with Gasteiger partial charge in [-0.3, -0.25) is 14.5 Å². The van der Waals surface area contributed by atoms with Crippen LogP contribution in [-0.4, -0.2) is 66.1 Å². The summed E-state index contributed by atoms with van der Waals surface area (Å²) in [6.07, 6.45) is 3.00. The summed E-state index contributed by atoms with van der Waals surface area (Å²) in [7, 11) is 0. The van der Waals surface area contributed by atoms with Crippen LogP contribution in [0.15, 0.2) is 0 Å². The van der Waals surface area contributed by atoms with Crippen LogP contribution in [0.1, 0.15) is 46.5 Å². The fourth-order valence-electron chi connectivity index (χ4n) is 3.52. The molecule has 1 saturated heterocycles. The maximum atomic E-state index is 13.0. The minimum Gasteiger partial charge on any atom is -0.396 e. The number of amides is 2. The summed E-state index contributed by atoms with van der Waals surface area (Å²) in [6, 6.07) is 0. The molecule has 0 aromatic carbocycles. The number of nitrogens with zero attached hydrogens (tertiary/aromatic N) is 2. The van der Waals surface area contributed by atoms with Gasteiger partial charge in [-0.1, -0.05) is 27.2 Å². The first-order valence-corrected chi connectivity index (χ1v) is 9.32. The number of primary amides is 1. The van der Waals surface area contributed by atoms with Crippen LogP contribution in [-0.2, 0) is 9.59 Å². The number of hydrogen-bond acceptors (Lipinski definition) is 4. The van der Waals surface area contributed by atoms with E-state index in [1.54, 1.807) is 0 Å². The molecule has 1 rings (SSSR count). The van der Waals surface area contributed by atoms with Crippen LogP contribution >= 0.6 is 0 Å². The standard InChI is InChI=1S/C18H35N3O3/c1-4-6-15(17(19)23)16(13-14(2)3)18(24)21-10-8-20(9-11-21)7-5-12-22/h14-16,22H,4-13H2,1-3H3,(H2,19,23). The van der Waals surface area contributed by atoms with Crippen molar-refractivity contribution in [3.05, 3.63) is 0 Å². The van der Waals surface area contributed by atoms with Gasteiger partial charge in [0.15, 0.2) is 0 Å². The first-order valence-electron chi connectivity index (χ1n) is 9.32. The lowest BCUT2D eigenvalue weighted by Gasteiger charge is -2.38. The van der Waals surface area contributed by atoms with Gasteiger partial charge in [-0.05, 0) is 25.2 Å². The molecule has 2 amide bonds. The van der Waals surface area contributed by atoms with Crippen molar-refractivity contribution in [2.24, 2.45) is 23.5 Å². The molecule has 0 saturated carbocycles. The molecule has 2 unspecified atom stereocenters. The second kappa shape index (κ2) is 10.7. The van der Waals surface area contributed by atoms with Gasteiger partial charge in [-0.2, -0.15) is 0 Å². The van der Waals surface area contributed by atoms with Crippen LogP contribution in [0, 0.1) is 17.8 Å². The second-order valence-electron chi connectivity index (χ2n) is 7.28. The number of piperazine rings is 1. The average molecular weight is 341 g/mol. The Morgan fingerprint density at radius 2 is 1.75 bits per heavy atom. The molecule has 0 aromatic heterocycles. The molecular formula is C18H35N3O3. The van der Waals surface area contributed by atoms with Crippen LogP contribution in [0.5, 0.6) is 0 Å². The smallest absolute Gasteiger partial charge is 0.226 e. The third-order valence-corrected chi connectivity index (χ3v) is 4.81. The number of hydrogen-bond donors (Lipinski definition) is 2. The van der Waals surface area contributed by atoms with E-state index in [0.29, 0.717) is 31.8 Å². The van der Waals surface area contributed by atoms with E-state index in [1.165, 1.54) is 0 Å². The highest BCUT2D eigenvalue weighted by Crippen LogP contribution is 2.27. The number of nitrogens with two attached hydrogens (primary N) is 1. The number of carbonyl (C=O) groups excluding carboxylic acids is 2. The predicted molar refractivity (Wildman–Crippen MR) is 95.3 cm³/mol. The molecule has 2 atom stereocenters. The summed E-state index contributed by atoms with van der Waals surface area (Å²) in [5.74, 6) is -0.576. The first kappa shape index (κ1) is 20.9. The number of carbonyl (C=O) groups is 2. The molecule has 6 heteroatoms. The largest absolute Gasteiger partial charge is 0.396 e. The molecule has 1 aliphatic rings. The van der Waals surface area contributed by atoms with Crippen molar-refractivity contribution in [1.29, 1.82) is 0 Å². The van der Waals surface area contributed by atoms with E-state index < -0.39 is 0 Å². The fourth-order valence-corrected chi connectivity index (χ4v) is 3.52. The Hall–Kier alpha value is -1.14. The Balaban J connectivity index is 2.72. The topological polar surface area (TPSA) is 86.9 Å². The maximum Gasteiger partial charge on any atom is 0.226 e. The van der Waals surface area contributed by atoms with Crippen molar-refractivity contribution in [1.82, 2.24) is 9.80 Å². The molecular weight excluding hydrogens is 306 g/mol. The molecule has 1 aliphatic heterocycles. The van der Waals surface area contributed by atoms with Gasteiger partial charge >= 0.3 is 0 Å². The van der Waals surface area contributed by atoms with Crippen molar-refractivity contribution in [3.63, 3.8) is 0 Å². The SMILES string of the molecule is CCCC(C(N)=O)C(CC(C)C)C(=O)N1CCN(CCCO)CC1. The van der Waals surface area contributed by atoms with E-state index in [0.717, 1.165) is 32.5 Å². The van der Waals surface area contributed by atoms with Crippen molar-refractivity contribution in [2.75, 3.05) is 39.3 Å². The third kappa shape index (κ3) is 6.40. The van der Waals surface area contributed by atoms with E-state index in [2.05, 4.69) is 18.7 Å². The highest BCUT2D eigenvalue weighted by molar-refractivity contribution is 5.87. The summed E-state index contributed by atoms with van der Waals surface area (Å²) in [5, 5.41) is 8.92. The Morgan fingerprint density at radius 1 is 1.12 bits per heavy atom. The Kier molecular flexibility index (Phi) is 9.29. The van der Waals surface area contributed by atoms with E-state index in [9.17, 15) is 9.59 Å². The van der Waals surface area contributed by atoms with Gasteiger partial charge in [0, 0.05) is 51.2 Å². The van der Waals surface area contributed by atoms with Crippen molar-refractivity contribution < 1.29 is 14.7 Å². The van der Waals surface area contributed by atoms with Gasteiger partial charge in [0.05, 0.1) is 0 Å². The Morgan fingerprint density at radius 3 is 2.21 bits per heavy atom. The molecule has 24 heavy (non-hydrogen) atoms. The van der Waals surface area contributed by atoms with Crippen molar-refractivity contribution >= 4 is 11.8 Å². The second-order valence-corrected chi connectivity index (χ2v) is 7.28. The van der Waals surface area contributed by atoms with E-state index in [4.69, 9.17) is 10.8 Å². The number of rotatable bonds is 10. The van der Waals surface area contributed by atoms with E-state index in [1.807, 2.05) is 11.8 Å². The zero-order valence-electron chi connectivity index (χ0n) is 15.5. The Labute approximate surface area is 146 Å². The van der Waals surface area contributed by atoms with Gasteiger partial charge in [0.1, 0.15) is 0 Å². The van der Waals surface area contributed by atoms with Gasteiger partial charge in [0.25, 0.3) is 0 Å². The van der Waals surface area contributed by atoms with Crippen LogP contribution in [0.4, 0.5) is 0 Å².